The lowest BCUT2D eigenvalue weighted by Gasteiger charge is -2.17. The fourth-order valence-electron chi connectivity index (χ4n) is 1.89. The Morgan fingerprint density at radius 1 is 1.23 bits per heavy atom. The molecule has 0 rings (SSSR count). The summed E-state index contributed by atoms with van der Waals surface area (Å²) < 4.78 is 0. The first-order chi connectivity index (χ1) is 10.2. The molecule has 0 radical (unpaired) electrons. The van der Waals surface area contributed by atoms with Crippen LogP contribution < -0.4 is 0 Å². The van der Waals surface area contributed by atoms with Gasteiger partial charge in [0, 0.05) is 6.42 Å². The SMILES string of the molecule is C=C/C(C)=C/C=C\[C@@](C)(O)CC/C=C(\C)CC(=O)C=C(C)C. The van der Waals surface area contributed by atoms with Gasteiger partial charge >= 0.3 is 0 Å². The van der Waals surface area contributed by atoms with Gasteiger partial charge in [0.15, 0.2) is 5.78 Å². The van der Waals surface area contributed by atoms with E-state index in [4.69, 9.17) is 0 Å². The second-order valence-corrected chi connectivity index (χ2v) is 6.29. The Labute approximate surface area is 135 Å². The summed E-state index contributed by atoms with van der Waals surface area (Å²) in [6, 6.07) is 0. The number of hydrogen-bond acceptors (Lipinski definition) is 2. The van der Waals surface area contributed by atoms with Crippen molar-refractivity contribution in [1.29, 1.82) is 0 Å². The van der Waals surface area contributed by atoms with Gasteiger partial charge in [-0.05, 0) is 53.5 Å². The van der Waals surface area contributed by atoms with Crippen LogP contribution >= 0.6 is 0 Å². The minimum absolute atomic E-state index is 0.130. The molecule has 0 spiro atoms. The maximum Gasteiger partial charge on any atom is 0.159 e. The van der Waals surface area contributed by atoms with Crippen molar-refractivity contribution >= 4 is 5.78 Å². The minimum atomic E-state index is -0.849. The van der Waals surface area contributed by atoms with E-state index in [1.165, 1.54) is 0 Å². The van der Waals surface area contributed by atoms with E-state index >= 15 is 0 Å². The number of aliphatic hydroxyl groups is 1. The van der Waals surface area contributed by atoms with Crippen LogP contribution in [-0.2, 0) is 4.79 Å². The lowest BCUT2D eigenvalue weighted by atomic mass is 9.98. The van der Waals surface area contributed by atoms with Crippen molar-refractivity contribution in [2.45, 2.75) is 59.5 Å². The highest BCUT2D eigenvalue weighted by molar-refractivity contribution is 5.91. The summed E-state index contributed by atoms with van der Waals surface area (Å²) in [7, 11) is 0. The van der Waals surface area contributed by atoms with Crippen molar-refractivity contribution in [3.05, 3.63) is 59.8 Å². The van der Waals surface area contributed by atoms with Gasteiger partial charge in [-0.2, -0.15) is 0 Å². The van der Waals surface area contributed by atoms with Gasteiger partial charge in [0.05, 0.1) is 5.60 Å². The number of hydrogen-bond donors (Lipinski definition) is 1. The van der Waals surface area contributed by atoms with Gasteiger partial charge in [0.1, 0.15) is 0 Å². The molecule has 0 aliphatic heterocycles. The molecule has 0 aliphatic carbocycles. The van der Waals surface area contributed by atoms with Crippen LogP contribution in [-0.4, -0.2) is 16.5 Å². The molecule has 0 bridgehead atoms. The largest absolute Gasteiger partial charge is 0.386 e. The third kappa shape index (κ3) is 11.0. The first-order valence-electron chi connectivity index (χ1n) is 7.70. The van der Waals surface area contributed by atoms with Crippen molar-refractivity contribution in [1.82, 2.24) is 0 Å². The maximum atomic E-state index is 11.7. The molecular weight excluding hydrogens is 272 g/mol. The zero-order chi connectivity index (χ0) is 17.2. The molecule has 0 fully saturated rings. The predicted octanol–water partition coefficient (Wildman–Crippen LogP) is 5.08. The van der Waals surface area contributed by atoms with E-state index in [1.54, 1.807) is 25.2 Å². The maximum absolute atomic E-state index is 11.7. The summed E-state index contributed by atoms with van der Waals surface area (Å²) in [5.74, 6) is 0.130. The van der Waals surface area contributed by atoms with E-state index in [9.17, 15) is 9.90 Å². The van der Waals surface area contributed by atoms with Gasteiger partial charge in [0.2, 0.25) is 0 Å². The molecule has 0 aromatic carbocycles. The molecule has 2 heteroatoms. The highest BCUT2D eigenvalue weighted by atomic mass is 16.3. The molecule has 0 aromatic rings. The summed E-state index contributed by atoms with van der Waals surface area (Å²) >= 11 is 0. The molecule has 22 heavy (non-hydrogen) atoms. The number of rotatable bonds is 9. The van der Waals surface area contributed by atoms with Gasteiger partial charge in [-0.15, -0.1) is 0 Å². The molecule has 0 aliphatic rings. The second-order valence-electron chi connectivity index (χ2n) is 6.29. The van der Waals surface area contributed by atoms with Gasteiger partial charge in [-0.3, -0.25) is 4.79 Å². The molecule has 122 valence electrons. The molecule has 2 nitrogen and oxygen atoms in total. The monoisotopic (exact) mass is 302 g/mol. The lowest BCUT2D eigenvalue weighted by Crippen LogP contribution is -2.19. The minimum Gasteiger partial charge on any atom is -0.386 e. The molecule has 0 amide bonds. The van der Waals surface area contributed by atoms with Crippen LogP contribution in [0.2, 0.25) is 0 Å². The lowest BCUT2D eigenvalue weighted by molar-refractivity contribution is -0.114. The van der Waals surface area contributed by atoms with Crippen molar-refractivity contribution in [2.75, 3.05) is 0 Å². The number of allylic oxidation sites excluding steroid dienone is 8. The molecular formula is C20H30O2. The van der Waals surface area contributed by atoms with Gasteiger partial charge in [-0.1, -0.05) is 53.7 Å². The normalized spacial score (nSPS) is 15.5. The topological polar surface area (TPSA) is 37.3 Å². The smallest absolute Gasteiger partial charge is 0.159 e. The van der Waals surface area contributed by atoms with Crippen molar-refractivity contribution in [2.24, 2.45) is 0 Å². The molecule has 0 saturated heterocycles. The summed E-state index contributed by atoms with van der Waals surface area (Å²) in [4.78, 5) is 11.7. The van der Waals surface area contributed by atoms with Gasteiger partial charge in [-0.25, -0.2) is 0 Å². The van der Waals surface area contributed by atoms with Crippen LogP contribution in [0.3, 0.4) is 0 Å². The van der Waals surface area contributed by atoms with Crippen LogP contribution in [0.5, 0.6) is 0 Å². The van der Waals surface area contributed by atoms with Crippen LogP contribution in [0.25, 0.3) is 0 Å². The standard InChI is InChI=1S/C20H30O2/c1-7-17(4)10-8-12-20(6,22)13-9-11-18(5)15-19(21)14-16(2)3/h7-8,10-12,14,22H,1,9,13,15H2,2-6H3/b12-8-,17-10+,18-11+/t20-/m1/s1. The second kappa shape index (κ2) is 10.1. The van der Waals surface area contributed by atoms with Crippen LogP contribution in [0.1, 0.15) is 53.9 Å². The Morgan fingerprint density at radius 3 is 2.41 bits per heavy atom. The van der Waals surface area contributed by atoms with E-state index in [1.807, 2.05) is 45.9 Å². The average Bonchev–Trinajstić information content (AvgIpc) is 2.36. The Hall–Kier alpha value is -1.67. The summed E-state index contributed by atoms with van der Waals surface area (Å²) in [5, 5.41) is 10.3. The highest BCUT2D eigenvalue weighted by Crippen LogP contribution is 2.16. The fourth-order valence-corrected chi connectivity index (χ4v) is 1.89. The Morgan fingerprint density at radius 2 is 1.86 bits per heavy atom. The number of ketones is 1. The highest BCUT2D eigenvalue weighted by Gasteiger charge is 2.14. The zero-order valence-electron chi connectivity index (χ0n) is 14.6. The van der Waals surface area contributed by atoms with Crippen molar-refractivity contribution in [3.63, 3.8) is 0 Å². The first kappa shape index (κ1) is 20.3. The molecule has 0 saturated carbocycles. The van der Waals surface area contributed by atoms with Crippen LogP contribution in [0.15, 0.2) is 59.8 Å². The molecule has 0 heterocycles. The zero-order valence-corrected chi connectivity index (χ0v) is 14.6. The van der Waals surface area contributed by atoms with E-state index in [-0.39, 0.29) is 5.78 Å². The number of carbonyl (C=O) groups excluding carboxylic acids is 1. The third-order valence-corrected chi connectivity index (χ3v) is 3.18. The predicted molar refractivity (Wildman–Crippen MR) is 95.8 cm³/mol. The molecule has 0 aromatic heterocycles. The van der Waals surface area contributed by atoms with Gasteiger partial charge in [0.25, 0.3) is 0 Å². The Bertz CT molecular complexity index is 496. The Kier molecular flexibility index (Phi) is 9.35. The summed E-state index contributed by atoms with van der Waals surface area (Å²) in [5.41, 5.74) is 2.28. The summed E-state index contributed by atoms with van der Waals surface area (Å²) in [6.07, 6.45) is 12.9. The molecule has 1 atom stereocenters. The quantitative estimate of drug-likeness (QED) is 0.366. The van der Waals surface area contributed by atoms with E-state index < -0.39 is 5.60 Å². The van der Waals surface area contributed by atoms with Crippen molar-refractivity contribution < 1.29 is 9.90 Å². The first-order valence-corrected chi connectivity index (χ1v) is 7.70. The van der Waals surface area contributed by atoms with Gasteiger partial charge < -0.3 is 5.11 Å². The average molecular weight is 302 g/mol. The van der Waals surface area contributed by atoms with E-state index in [0.717, 1.165) is 23.1 Å². The number of carbonyl (C=O) groups is 1. The van der Waals surface area contributed by atoms with E-state index in [0.29, 0.717) is 12.8 Å². The molecule has 0 unspecified atom stereocenters. The van der Waals surface area contributed by atoms with Crippen molar-refractivity contribution in [3.8, 4) is 0 Å². The summed E-state index contributed by atoms with van der Waals surface area (Å²) in [6.45, 7) is 13.2. The molecule has 1 N–H and O–H groups in total. The van der Waals surface area contributed by atoms with Crippen LogP contribution in [0.4, 0.5) is 0 Å². The third-order valence-electron chi connectivity index (χ3n) is 3.18. The fraction of sp³-hybridized carbons (Fsp3) is 0.450. The Balaban J connectivity index is 4.42. The van der Waals surface area contributed by atoms with E-state index in [2.05, 4.69) is 6.58 Å². The van der Waals surface area contributed by atoms with Crippen LogP contribution in [0, 0.1) is 0 Å².